The zero-order valence-corrected chi connectivity index (χ0v) is 20.2. The number of rotatable bonds is 4. The van der Waals surface area contributed by atoms with Crippen molar-refractivity contribution in [1.29, 1.82) is 0 Å². The van der Waals surface area contributed by atoms with E-state index < -0.39 is 41.1 Å². The number of ketones is 1. The molecule has 7 nitrogen and oxygen atoms in total. The summed E-state index contributed by atoms with van der Waals surface area (Å²) >= 11 is 0. The van der Waals surface area contributed by atoms with Gasteiger partial charge in [-0.05, 0) is 62.0 Å². The van der Waals surface area contributed by atoms with E-state index in [-0.39, 0.29) is 29.3 Å². The molecule has 2 N–H and O–H groups in total. The predicted octanol–water partition coefficient (Wildman–Crippen LogP) is 2.66. The van der Waals surface area contributed by atoms with Gasteiger partial charge in [0.2, 0.25) is 0 Å². The molecule has 0 aromatic carbocycles. The molecule has 1 spiro atoms. The average Bonchev–Trinajstić information content (AvgIpc) is 3.28. The Morgan fingerprint density at radius 1 is 1.27 bits per heavy atom. The van der Waals surface area contributed by atoms with Gasteiger partial charge in [-0.3, -0.25) is 9.59 Å². The summed E-state index contributed by atoms with van der Waals surface area (Å²) in [5, 5.41) is 23.8. The first-order valence-electron chi connectivity index (χ1n) is 11.6. The highest BCUT2D eigenvalue weighted by Gasteiger charge is 2.74. The van der Waals surface area contributed by atoms with E-state index in [2.05, 4.69) is 13.8 Å². The Labute approximate surface area is 194 Å². The van der Waals surface area contributed by atoms with Gasteiger partial charge in [-0.25, -0.2) is 4.79 Å². The van der Waals surface area contributed by atoms with Crippen LogP contribution in [0.4, 0.5) is 0 Å². The first-order valence-corrected chi connectivity index (χ1v) is 11.6. The molecule has 0 aromatic rings. The summed E-state index contributed by atoms with van der Waals surface area (Å²) in [6.07, 6.45) is 3.33. The van der Waals surface area contributed by atoms with Crippen LogP contribution in [0.2, 0.25) is 0 Å². The van der Waals surface area contributed by atoms with Gasteiger partial charge in [-0.1, -0.05) is 32.1 Å². The quantitative estimate of drug-likeness (QED) is 0.379. The van der Waals surface area contributed by atoms with Crippen molar-refractivity contribution >= 4 is 17.7 Å². The van der Waals surface area contributed by atoms with E-state index in [0.717, 1.165) is 6.42 Å². The van der Waals surface area contributed by atoms with Crippen LogP contribution in [0.1, 0.15) is 54.4 Å². The van der Waals surface area contributed by atoms with Gasteiger partial charge in [-0.2, -0.15) is 0 Å². The average molecular weight is 459 g/mol. The Morgan fingerprint density at radius 3 is 2.55 bits per heavy atom. The fourth-order valence-corrected chi connectivity index (χ4v) is 6.70. The molecule has 4 aliphatic rings. The zero-order valence-electron chi connectivity index (χ0n) is 20.2. The number of ether oxygens (including phenoxy) is 2. The molecule has 0 unspecified atom stereocenters. The zero-order chi connectivity index (χ0) is 24.5. The fourth-order valence-electron chi connectivity index (χ4n) is 6.70. The first-order chi connectivity index (χ1) is 15.3. The summed E-state index contributed by atoms with van der Waals surface area (Å²) in [7, 11) is 0. The van der Waals surface area contributed by atoms with Crippen molar-refractivity contribution in [2.45, 2.75) is 72.2 Å². The molecule has 2 bridgehead atoms. The third-order valence-corrected chi connectivity index (χ3v) is 8.70. The molecule has 0 aliphatic heterocycles. The molecule has 7 heteroatoms. The minimum Gasteiger partial charge on any atom is -0.461 e. The molecule has 0 heterocycles. The molecule has 33 heavy (non-hydrogen) atoms. The molecule has 180 valence electrons. The summed E-state index contributed by atoms with van der Waals surface area (Å²) in [5.41, 5.74) is -2.37. The maximum absolute atomic E-state index is 14.2. The lowest BCUT2D eigenvalue weighted by atomic mass is 9.63. The molecule has 0 aromatic heterocycles. The van der Waals surface area contributed by atoms with Gasteiger partial charge >= 0.3 is 11.9 Å². The second-order valence-electron chi connectivity index (χ2n) is 10.7. The van der Waals surface area contributed by atoms with Crippen LogP contribution in [0.3, 0.4) is 0 Å². The molecule has 0 radical (unpaired) electrons. The van der Waals surface area contributed by atoms with Gasteiger partial charge in [0.05, 0.1) is 5.41 Å². The van der Waals surface area contributed by atoms with Crippen LogP contribution in [0.15, 0.2) is 34.9 Å². The van der Waals surface area contributed by atoms with Crippen molar-refractivity contribution in [2.75, 3.05) is 6.61 Å². The number of carbonyl (C=O) groups is 3. The van der Waals surface area contributed by atoms with Gasteiger partial charge < -0.3 is 19.7 Å². The van der Waals surface area contributed by atoms with E-state index in [1.165, 1.54) is 6.92 Å². The molecule has 4 rings (SSSR count). The van der Waals surface area contributed by atoms with Crippen molar-refractivity contribution in [1.82, 2.24) is 0 Å². The van der Waals surface area contributed by atoms with E-state index in [4.69, 9.17) is 9.47 Å². The summed E-state index contributed by atoms with van der Waals surface area (Å²) in [5.74, 6) is -1.47. The van der Waals surface area contributed by atoms with Crippen LogP contribution in [-0.2, 0) is 23.9 Å². The standard InChI is InChI=1S/C26H34O7/c1-7-13(2)23(30)33-22-14(3)11-25-9-8-18-19(24(18,5)6)17(21(25)29)10-16(12-32-15(4)27)20(28)26(22,25)31/h7,10-11,17-20,22,28,31H,8-9,12H2,1-6H3/b13-7-/t17-,18-,19+,20-,22+,25-,26+/m1/s1. The van der Waals surface area contributed by atoms with E-state index in [0.29, 0.717) is 23.5 Å². The van der Waals surface area contributed by atoms with Crippen LogP contribution in [0.5, 0.6) is 0 Å². The van der Waals surface area contributed by atoms with Crippen LogP contribution in [0, 0.1) is 28.6 Å². The van der Waals surface area contributed by atoms with Gasteiger partial charge in [0.1, 0.15) is 12.7 Å². The Morgan fingerprint density at radius 2 is 1.94 bits per heavy atom. The van der Waals surface area contributed by atoms with Gasteiger partial charge in [0.25, 0.3) is 0 Å². The Hall–Kier alpha value is -2.25. The maximum Gasteiger partial charge on any atom is 0.334 e. The molecular formula is C26H34O7. The number of hydrogen-bond donors (Lipinski definition) is 2. The highest BCUT2D eigenvalue weighted by molar-refractivity contribution is 5.95. The summed E-state index contributed by atoms with van der Waals surface area (Å²) in [4.78, 5) is 38.4. The third kappa shape index (κ3) is 3.19. The monoisotopic (exact) mass is 458 g/mol. The van der Waals surface area contributed by atoms with Crippen molar-refractivity contribution < 1.29 is 34.1 Å². The van der Waals surface area contributed by atoms with Crippen molar-refractivity contribution in [3.8, 4) is 0 Å². The Kier molecular flexibility index (Phi) is 5.53. The van der Waals surface area contributed by atoms with Crippen LogP contribution in [-0.4, -0.2) is 52.4 Å². The minimum absolute atomic E-state index is 0.0371. The number of allylic oxidation sites excluding steroid dienone is 2. The molecule has 2 saturated carbocycles. The molecule has 7 atom stereocenters. The molecule has 2 fully saturated rings. The third-order valence-electron chi connectivity index (χ3n) is 8.70. The van der Waals surface area contributed by atoms with Gasteiger partial charge in [0.15, 0.2) is 17.5 Å². The SMILES string of the molecule is C/C=C(/C)C(=O)O[C@H]1C(C)=C[C@@]23CC[C@@H]4[C@H]([C@@H](C=C(COC(C)=O)[C@@H](O)[C@]12O)C3=O)C4(C)C. The highest BCUT2D eigenvalue weighted by Crippen LogP contribution is 2.70. The largest absolute Gasteiger partial charge is 0.461 e. The normalized spacial score (nSPS) is 41.0. The molecule has 0 saturated heterocycles. The summed E-state index contributed by atoms with van der Waals surface area (Å²) in [6, 6.07) is 0. The lowest BCUT2D eigenvalue weighted by Crippen LogP contribution is -2.64. The summed E-state index contributed by atoms with van der Waals surface area (Å²) < 4.78 is 10.9. The van der Waals surface area contributed by atoms with E-state index in [9.17, 15) is 24.6 Å². The second kappa shape index (κ2) is 7.64. The van der Waals surface area contributed by atoms with Crippen LogP contribution >= 0.6 is 0 Å². The maximum atomic E-state index is 14.2. The number of esters is 2. The number of hydrogen-bond acceptors (Lipinski definition) is 7. The molecule has 0 amide bonds. The van der Waals surface area contributed by atoms with E-state index >= 15 is 0 Å². The van der Waals surface area contributed by atoms with E-state index in [1.807, 2.05) is 0 Å². The number of fused-ring (bicyclic) bond motifs is 3. The van der Waals surface area contributed by atoms with Crippen molar-refractivity contribution in [3.63, 3.8) is 0 Å². The van der Waals surface area contributed by atoms with Gasteiger partial charge in [0, 0.05) is 18.4 Å². The lowest BCUT2D eigenvalue weighted by Gasteiger charge is -2.46. The summed E-state index contributed by atoms with van der Waals surface area (Å²) in [6.45, 7) is 10.3. The van der Waals surface area contributed by atoms with Crippen LogP contribution < -0.4 is 0 Å². The number of aliphatic hydroxyl groups is 2. The topological polar surface area (TPSA) is 110 Å². The highest BCUT2D eigenvalue weighted by atomic mass is 16.6. The number of carbonyl (C=O) groups excluding carboxylic acids is 3. The van der Waals surface area contributed by atoms with Crippen LogP contribution in [0.25, 0.3) is 0 Å². The smallest absolute Gasteiger partial charge is 0.334 e. The van der Waals surface area contributed by atoms with Crippen molar-refractivity contribution in [3.05, 3.63) is 34.9 Å². The molecule has 4 aliphatic carbocycles. The van der Waals surface area contributed by atoms with Crippen molar-refractivity contribution in [2.24, 2.45) is 28.6 Å². The molecular weight excluding hydrogens is 424 g/mol. The predicted molar refractivity (Wildman–Crippen MR) is 120 cm³/mol. The lowest BCUT2D eigenvalue weighted by molar-refractivity contribution is -0.195. The minimum atomic E-state index is -2.10. The Bertz CT molecular complexity index is 1000. The van der Waals surface area contributed by atoms with E-state index in [1.54, 1.807) is 39.0 Å². The number of Topliss-reactive ketones (excluding diaryl/α,β-unsaturated/α-hetero) is 1. The first kappa shape index (κ1) is 23.9. The fraction of sp³-hybridized carbons (Fsp3) is 0.654. The second-order valence-corrected chi connectivity index (χ2v) is 10.7. The van der Waals surface area contributed by atoms with Gasteiger partial charge in [-0.15, -0.1) is 0 Å². The number of aliphatic hydroxyl groups excluding tert-OH is 1. The Balaban J connectivity index is 1.85.